The van der Waals surface area contributed by atoms with Crippen molar-refractivity contribution in [1.82, 2.24) is 0 Å². The molecule has 0 fully saturated rings. The van der Waals surface area contributed by atoms with E-state index in [4.69, 9.17) is 5.73 Å². The van der Waals surface area contributed by atoms with Gasteiger partial charge >= 0.3 is 0 Å². The van der Waals surface area contributed by atoms with Gasteiger partial charge in [-0.15, -0.1) is 0 Å². The van der Waals surface area contributed by atoms with Crippen molar-refractivity contribution in [3.05, 3.63) is 35.4 Å². The number of hydrogen-bond donors (Lipinski definition) is 1. The Hall–Kier alpha value is -0.820. The van der Waals surface area contributed by atoms with Crippen molar-refractivity contribution >= 4 is 0 Å². The van der Waals surface area contributed by atoms with Gasteiger partial charge in [-0.25, -0.2) is 0 Å². The van der Waals surface area contributed by atoms with E-state index in [9.17, 15) is 0 Å². The summed E-state index contributed by atoms with van der Waals surface area (Å²) in [6, 6.07) is 9.17. The fourth-order valence-corrected chi connectivity index (χ4v) is 3.39. The molecule has 1 aliphatic carbocycles. The van der Waals surface area contributed by atoms with Crippen LogP contribution in [0.2, 0.25) is 0 Å². The predicted octanol–water partition coefficient (Wildman–Crippen LogP) is 5.18. The molecule has 1 aromatic carbocycles. The van der Waals surface area contributed by atoms with Crippen LogP contribution in [0.3, 0.4) is 0 Å². The molecule has 0 spiro atoms. The van der Waals surface area contributed by atoms with Crippen LogP contribution in [0.4, 0.5) is 0 Å². The molecular weight excluding hydrogens is 242 g/mol. The van der Waals surface area contributed by atoms with Gasteiger partial charge in [0.25, 0.3) is 0 Å². The number of fused-ring (bicyclic) bond motifs is 1. The van der Waals surface area contributed by atoms with E-state index >= 15 is 0 Å². The molecule has 1 aliphatic rings. The first-order chi connectivity index (χ1) is 9.83. The number of unbranched alkanes of at least 4 members (excludes halogenated alkanes) is 7. The Morgan fingerprint density at radius 3 is 2.35 bits per heavy atom. The SMILES string of the molecule is CCCCCCCCCCC(N)C1Cc2ccccc21. The second-order valence-electron chi connectivity index (χ2n) is 6.44. The summed E-state index contributed by atoms with van der Waals surface area (Å²) in [7, 11) is 0. The molecule has 1 heteroatoms. The number of benzene rings is 1. The van der Waals surface area contributed by atoms with E-state index in [0.29, 0.717) is 12.0 Å². The Morgan fingerprint density at radius 1 is 1.00 bits per heavy atom. The quantitative estimate of drug-likeness (QED) is 0.584. The third-order valence-corrected chi connectivity index (χ3v) is 4.80. The van der Waals surface area contributed by atoms with Crippen molar-refractivity contribution in [2.24, 2.45) is 5.73 Å². The molecule has 20 heavy (non-hydrogen) atoms. The van der Waals surface area contributed by atoms with E-state index in [2.05, 4.69) is 31.2 Å². The maximum absolute atomic E-state index is 6.37. The minimum Gasteiger partial charge on any atom is -0.327 e. The Labute approximate surface area is 125 Å². The van der Waals surface area contributed by atoms with Crippen LogP contribution in [0.25, 0.3) is 0 Å². The van der Waals surface area contributed by atoms with Gasteiger partial charge in [-0.3, -0.25) is 0 Å². The Kier molecular flexibility index (Phi) is 6.59. The molecule has 0 amide bonds. The number of rotatable bonds is 10. The highest BCUT2D eigenvalue weighted by Crippen LogP contribution is 2.37. The molecule has 2 atom stereocenters. The molecule has 0 heterocycles. The summed E-state index contributed by atoms with van der Waals surface area (Å²) in [5.41, 5.74) is 9.41. The van der Waals surface area contributed by atoms with E-state index in [1.54, 1.807) is 0 Å². The molecule has 1 nitrogen and oxygen atoms in total. The van der Waals surface area contributed by atoms with Gasteiger partial charge in [-0.1, -0.05) is 82.6 Å². The fourth-order valence-electron chi connectivity index (χ4n) is 3.39. The van der Waals surface area contributed by atoms with Crippen LogP contribution >= 0.6 is 0 Å². The van der Waals surface area contributed by atoms with E-state index in [0.717, 1.165) is 0 Å². The van der Waals surface area contributed by atoms with Crippen LogP contribution in [0.5, 0.6) is 0 Å². The normalized spacial score (nSPS) is 18.4. The van der Waals surface area contributed by atoms with E-state index in [1.165, 1.54) is 75.3 Å². The molecule has 0 saturated heterocycles. The van der Waals surface area contributed by atoms with Gasteiger partial charge in [0, 0.05) is 12.0 Å². The van der Waals surface area contributed by atoms with Crippen LogP contribution in [0.1, 0.15) is 81.8 Å². The third kappa shape index (κ3) is 4.34. The maximum Gasteiger partial charge on any atom is 0.0111 e. The van der Waals surface area contributed by atoms with Crippen LogP contribution in [-0.2, 0) is 6.42 Å². The lowest BCUT2D eigenvalue weighted by molar-refractivity contribution is 0.435. The summed E-state index contributed by atoms with van der Waals surface area (Å²) >= 11 is 0. The largest absolute Gasteiger partial charge is 0.327 e. The molecule has 2 N–H and O–H groups in total. The predicted molar refractivity (Wildman–Crippen MR) is 88.1 cm³/mol. The smallest absolute Gasteiger partial charge is 0.0111 e. The van der Waals surface area contributed by atoms with Crippen molar-refractivity contribution in [1.29, 1.82) is 0 Å². The van der Waals surface area contributed by atoms with Crippen molar-refractivity contribution in [2.75, 3.05) is 0 Å². The topological polar surface area (TPSA) is 26.0 Å². The third-order valence-electron chi connectivity index (χ3n) is 4.80. The molecule has 0 aliphatic heterocycles. The van der Waals surface area contributed by atoms with Crippen LogP contribution in [0, 0.1) is 0 Å². The lowest BCUT2D eigenvalue weighted by Gasteiger charge is -2.34. The van der Waals surface area contributed by atoms with Crippen LogP contribution in [0.15, 0.2) is 24.3 Å². The first kappa shape index (κ1) is 15.6. The van der Waals surface area contributed by atoms with E-state index in [-0.39, 0.29) is 0 Å². The number of nitrogens with two attached hydrogens (primary N) is 1. The van der Waals surface area contributed by atoms with Gasteiger partial charge < -0.3 is 5.73 Å². The maximum atomic E-state index is 6.37. The van der Waals surface area contributed by atoms with Crippen LogP contribution in [-0.4, -0.2) is 6.04 Å². The zero-order valence-electron chi connectivity index (χ0n) is 13.1. The molecule has 0 aromatic heterocycles. The zero-order chi connectivity index (χ0) is 14.2. The van der Waals surface area contributed by atoms with Crippen LogP contribution < -0.4 is 5.73 Å². The summed E-state index contributed by atoms with van der Waals surface area (Å²) in [5, 5.41) is 0. The summed E-state index contributed by atoms with van der Waals surface area (Å²) < 4.78 is 0. The average Bonchev–Trinajstić information content (AvgIpc) is 2.43. The first-order valence-electron chi connectivity index (χ1n) is 8.66. The molecule has 1 aromatic rings. The average molecular weight is 273 g/mol. The van der Waals surface area contributed by atoms with Gasteiger partial charge in [-0.2, -0.15) is 0 Å². The first-order valence-corrected chi connectivity index (χ1v) is 8.66. The van der Waals surface area contributed by atoms with Crippen molar-refractivity contribution in [3.63, 3.8) is 0 Å². The molecule has 2 rings (SSSR count). The molecule has 112 valence electrons. The highest BCUT2D eigenvalue weighted by Gasteiger charge is 2.29. The molecule has 2 unspecified atom stereocenters. The second-order valence-corrected chi connectivity index (χ2v) is 6.44. The van der Waals surface area contributed by atoms with Crippen molar-refractivity contribution in [2.45, 2.75) is 83.1 Å². The van der Waals surface area contributed by atoms with Gasteiger partial charge in [-0.05, 0) is 24.0 Å². The molecule has 0 radical (unpaired) electrons. The van der Waals surface area contributed by atoms with Crippen molar-refractivity contribution in [3.8, 4) is 0 Å². The second kappa shape index (κ2) is 8.46. The Balaban J connectivity index is 1.53. The Bertz CT molecular complexity index is 385. The fraction of sp³-hybridized carbons (Fsp3) is 0.684. The van der Waals surface area contributed by atoms with Gasteiger partial charge in [0.05, 0.1) is 0 Å². The standard InChI is InChI=1S/C19H31N/c1-2-3-4-5-6-7-8-9-14-19(20)18-15-16-12-10-11-13-17(16)18/h10-13,18-19H,2-9,14-15,20H2,1H3. The highest BCUT2D eigenvalue weighted by atomic mass is 14.7. The zero-order valence-corrected chi connectivity index (χ0v) is 13.1. The Morgan fingerprint density at radius 2 is 1.65 bits per heavy atom. The highest BCUT2D eigenvalue weighted by molar-refractivity contribution is 5.41. The lowest BCUT2D eigenvalue weighted by Crippen LogP contribution is -2.35. The summed E-state index contributed by atoms with van der Waals surface area (Å²) in [6.07, 6.45) is 13.5. The lowest BCUT2D eigenvalue weighted by atomic mass is 9.72. The van der Waals surface area contributed by atoms with E-state index in [1.807, 2.05) is 0 Å². The minimum absolute atomic E-state index is 0.380. The van der Waals surface area contributed by atoms with Crippen molar-refractivity contribution < 1.29 is 0 Å². The molecule has 0 saturated carbocycles. The minimum atomic E-state index is 0.380. The number of hydrogen-bond acceptors (Lipinski definition) is 1. The molecular formula is C19H31N. The monoisotopic (exact) mass is 273 g/mol. The summed E-state index contributed by atoms with van der Waals surface area (Å²) in [6.45, 7) is 2.28. The van der Waals surface area contributed by atoms with E-state index < -0.39 is 0 Å². The summed E-state index contributed by atoms with van der Waals surface area (Å²) in [5.74, 6) is 0.635. The summed E-state index contributed by atoms with van der Waals surface area (Å²) in [4.78, 5) is 0. The van der Waals surface area contributed by atoms with Gasteiger partial charge in [0.2, 0.25) is 0 Å². The van der Waals surface area contributed by atoms with Gasteiger partial charge in [0.15, 0.2) is 0 Å². The molecule has 0 bridgehead atoms. The van der Waals surface area contributed by atoms with Gasteiger partial charge in [0.1, 0.15) is 0 Å².